The highest BCUT2D eigenvalue weighted by Crippen LogP contribution is 2.27. The Kier molecular flexibility index (Phi) is 7.64. The van der Waals surface area contributed by atoms with Gasteiger partial charge < -0.3 is 26.0 Å². The molecule has 3 heterocycles. The molecule has 2 aromatic carbocycles. The molecule has 10 heteroatoms. The van der Waals surface area contributed by atoms with Crippen LogP contribution in [0.5, 0.6) is 0 Å². The Hall–Kier alpha value is -3.86. The molecule has 2 fully saturated rings. The second-order valence-corrected chi connectivity index (χ2v) is 9.65. The first-order valence-corrected chi connectivity index (χ1v) is 12.9. The van der Waals surface area contributed by atoms with Gasteiger partial charge in [0.2, 0.25) is 11.9 Å². The van der Waals surface area contributed by atoms with E-state index in [1.165, 1.54) is 11.8 Å². The summed E-state index contributed by atoms with van der Waals surface area (Å²) in [4.78, 5) is 38.2. The third kappa shape index (κ3) is 5.67. The average Bonchev–Trinajstić information content (AvgIpc) is 2.95. The van der Waals surface area contributed by atoms with Crippen LogP contribution in [0.4, 0.5) is 23.0 Å². The molecule has 0 bridgehead atoms. The lowest BCUT2D eigenvalue weighted by Crippen LogP contribution is -2.61. The molecule has 0 spiro atoms. The molecule has 2 saturated heterocycles. The van der Waals surface area contributed by atoms with Crippen LogP contribution in [0.3, 0.4) is 0 Å². The van der Waals surface area contributed by atoms with E-state index in [4.69, 9.17) is 10.5 Å². The fraction of sp³-hybridized carbons (Fsp3) is 0.357. The standard InChI is InChI=1S/C28H33N7O3/c1-20(36)35(26(37)28(29)11-14-30-15-12-28)24-6-2-21(3-7-24)25-10-13-31-27(33-25)32-22-4-8-23(9-5-22)34-16-18-38-19-17-34/h2-10,13,30H,11-12,14-19,29H2,1H3,(H,31,32,33). The largest absolute Gasteiger partial charge is 0.378 e. The predicted octanol–water partition coefficient (Wildman–Crippen LogP) is 2.68. The lowest BCUT2D eigenvalue weighted by atomic mass is 9.87. The van der Waals surface area contributed by atoms with Gasteiger partial charge in [0.05, 0.1) is 30.1 Å². The third-order valence-electron chi connectivity index (χ3n) is 7.02. The molecule has 4 N–H and O–H groups in total. The van der Waals surface area contributed by atoms with Gasteiger partial charge in [0.25, 0.3) is 5.91 Å². The van der Waals surface area contributed by atoms with Crippen LogP contribution in [-0.4, -0.2) is 66.7 Å². The van der Waals surface area contributed by atoms with Crippen LogP contribution >= 0.6 is 0 Å². The van der Waals surface area contributed by atoms with Crippen molar-refractivity contribution < 1.29 is 14.3 Å². The van der Waals surface area contributed by atoms with Crippen molar-refractivity contribution in [2.75, 3.05) is 54.5 Å². The quantitative estimate of drug-likeness (QED) is 0.454. The molecular formula is C28H33N7O3. The monoisotopic (exact) mass is 515 g/mol. The number of ether oxygens (including phenoxy) is 1. The van der Waals surface area contributed by atoms with Crippen molar-refractivity contribution in [3.63, 3.8) is 0 Å². The fourth-order valence-electron chi connectivity index (χ4n) is 4.82. The van der Waals surface area contributed by atoms with E-state index >= 15 is 0 Å². The van der Waals surface area contributed by atoms with E-state index < -0.39 is 5.54 Å². The molecular weight excluding hydrogens is 482 g/mol. The van der Waals surface area contributed by atoms with Crippen molar-refractivity contribution in [3.05, 3.63) is 60.8 Å². The van der Waals surface area contributed by atoms with E-state index in [-0.39, 0.29) is 11.8 Å². The molecule has 0 unspecified atom stereocenters. The number of imide groups is 1. The van der Waals surface area contributed by atoms with E-state index in [9.17, 15) is 9.59 Å². The highest BCUT2D eigenvalue weighted by molar-refractivity contribution is 6.17. The van der Waals surface area contributed by atoms with Gasteiger partial charge in [0.15, 0.2) is 0 Å². The number of carbonyl (C=O) groups is 2. The molecule has 3 aromatic rings. The summed E-state index contributed by atoms with van der Waals surface area (Å²) in [7, 11) is 0. The Bertz CT molecular complexity index is 1270. The smallest absolute Gasteiger partial charge is 0.253 e. The van der Waals surface area contributed by atoms with Gasteiger partial charge in [-0.15, -0.1) is 0 Å². The molecule has 38 heavy (non-hydrogen) atoms. The molecule has 0 aliphatic carbocycles. The van der Waals surface area contributed by atoms with E-state index in [1.807, 2.05) is 30.3 Å². The number of aromatic nitrogens is 2. The molecule has 2 amide bonds. The molecule has 0 radical (unpaired) electrons. The van der Waals surface area contributed by atoms with Crippen LogP contribution in [0.1, 0.15) is 19.8 Å². The molecule has 0 atom stereocenters. The summed E-state index contributed by atoms with van der Waals surface area (Å²) in [5.74, 6) is -0.256. The first kappa shape index (κ1) is 25.8. The maximum absolute atomic E-state index is 13.3. The maximum atomic E-state index is 13.3. The van der Waals surface area contributed by atoms with Gasteiger partial charge in [-0.05, 0) is 68.4 Å². The summed E-state index contributed by atoms with van der Waals surface area (Å²) >= 11 is 0. The highest BCUT2D eigenvalue weighted by atomic mass is 16.5. The number of benzene rings is 2. The van der Waals surface area contributed by atoms with Gasteiger partial charge in [-0.25, -0.2) is 14.9 Å². The second kappa shape index (κ2) is 11.3. The second-order valence-electron chi connectivity index (χ2n) is 9.65. The topological polar surface area (TPSA) is 126 Å². The zero-order valence-electron chi connectivity index (χ0n) is 21.5. The molecule has 1 aromatic heterocycles. The number of nitrogens with one attached hydrogen (secondary N) is 2. The van der Waals surface area contributed by atoms with Crippen LogP contribution in [0.2, 0.25) is 0 Å². The summed E-state index contributed by atoms with van der Waals surface area (Å²) < 4.78 is 5.43. The van der Waals surface area contributed by atoms with Crippen LogP contribution in [-0.2, 0) is 14.3 Å². The number of piperidine rings is 1. The zero-order valence-corrected chi connectivity index (χ0v) is 21.5. The maximum Gasteiger partial charge on any atom is 0.253 e. The summed E-state index contributed by atoms with van der Waals surface area (Å²) in [6.45, 7) is 5.95. The van der Waals surface area contributed by atoms with Gasteiger partial charge in [0.1, 0.15) is 0 Å². The predicted molar refractivity (Wildman–Crippen MR) is 147 cm³/mol. The molecule has 5 rings (SSSR count). The van der Waals surface area contributed by atoms with Crippen LogP contribution in [0.15, 0.2) is 60.8 Å². The number of amides is 2. The normalized spacial score (nSPS) is 17.1. The SMILES string of the molecule is CC(=O)N(C(=O)C1(N)CCNCC1)c1ccc(-c2ccnc(Nc3ccc(N4CCOCC4)cc3)n2)cc1. The number of carbonyl (C=O) groups excluding carboxylic acids is 2. The number of hydrogen-bond donors (Lipinski definition) is 3. The number of morpholine rings is 1. The Morgan fingerprint density at radius 3 is 2.37 bits per heavy atom. The van der Waals surface area contributed by atoms with E-state index in [0.29, 0.717) is 43.3 Å². The summed E-state index contributed by atoms with van der Waals surface area (Å²) in [5, 5.41) is 6.47. The Balaban J connectivity index is 1.29. The van der Waals surface area contributed by atoms with Crippen molar-refractivity contribution in [1.29, 1.82) is 0 Å². The van der Waals surface area contributed by atoms with Crippen LogP contribution < -0.4 is 26.2 Å². The number of nitrogens with two attached hydrogens (primary N) is 1. The van der Waals surface area contributed by atoms with Gasteiger partial charge in [-0.2, -0.15) is 0 Å². The van der Waals surface area contributed by atoms with Crippen molar-refractivity contribution in [2.45, 2.75) is 25.3 Å². The molecule has 0 saturated carbocycles. The minimum Gasteiger partial charge on any atom is -0.378 e. The lowest BCUT2D eigenvalue weighted by molar-refractivity contribution is -0.129. The van der Waals surface area contributed by atoms with Gasteiger partial charge in [-0.1, -0.05) is 12.1 Å². The number of rotatable bonds is 6. The summed E-state index contributed by atoms with van der Waals surface area (Å²) in [5.41, 5.74) is 9.45. The molecule has 2 aliphatic rings. The first-order chi connectivity index (χ1) is 18.4. The molecule has 10 nitrogen and oxygen atoms in total. The zero-order chi connectivity index (χ0) is 26.5. The fourth-order valence-corrected chi connectivity index (χ4v) is 4.82. The van der Waals surface area contributed by atoms with Crippen molar-refractivity contribution in [3.8, 4) is 11.3 Å². The molecule has 2 aliphatic heterocycles. The number of anilines is 4. The Labute approximate surface area is 222 Å². The molecule has 198 valence electrons. The van der Waals surface area contributed by atoms with Gasteiger partial charge >= 0.3 is 0 Å². The van der Waals surface area contributed by atoms with Gasteiger partial charge in [0, 0.05) is 43.1 Å². The first-order valence-electron chi connectivity index (χ1n) is 12.9. The number of hydrogen-bond acceptors (Lipinski definition) is 9. The Morgan fingerprint density at radius 1 is 1.03 bits per heavy atom. The minimum atomic E-state index is -1.05. The summed E-state index contributed by atoms with van der Waals surface area (Å²) in [6.07, 6.45) is 2.67. The van der Waals surface area contributed by atoms with Crippen molar-refractivity contribution >= 4 is 34.8 Å². The van der Waals surface area contributed by atoms with Crippen LogP contribution in [0.25, 0.3) is 11.3 Å². The lowest BCUT2D eigenvalue weighted by Gasteiger charge is -2.36. The van der Waals surface area contributed by atoms with E-state index in [2.05, 4.69) is 37.6 Å². The number of nitrogens with zero attached hydrogens (tertiary/aromatic N) is 4. The third-order valence-corrected chi connectivity index (χ3v) is 7.02. The minimum absolute atomic E-state index is 0.362. The average molecular weight is 516 g/mol. The highest BCUT2D eigenvalue weighted by Gasteiger charge is 2.40. The Morgan fingerprint density at radius 2 is 1.71 bits per heavy atom. The van der Waals surface area contributed by atoms with Crippen molar-refractivity contribution in [1.82, 2.24) is 15.3 Å². The van der Waals surface area contributed by atoms with Crippen LogP contribution in [0, 0.1) is 0 Å². The van der Waals surface area contributed by atoms with E-state index in [1.54, 1.807) is 18.3 Å². The summed E-state index contributed by atoms with van der Waals surface area (Å²) in [6, 6.07) is 17.2. The van der Waals surface area contributed by atoms with E-state index in [0.717, 1.165) is 43.2 Å². The van der Waals surface area contributed by atoms with Crippen molar-refractivity contribution in [2.24, 2.45) is 5.73 Å². The van der Waals surface area contributed by atoms with Gasteiger partial charge in [-0.3, -0.25) is 9.59 Å².